The Kier molecular flexibility index (Phi) is 4.62. The summed E-state index contributed by atoms with van der Waals surface area (Å²) < 4.78 is 91.6. The van der Waals surface area contributed by atoms with Crippen LogP contribution in [0, 0.1) is 40.7 Å². The monoisotopic (exact) mass is 397 g/mol. The number of hydrogen-bond acceptors (Lipinski definition) is 0. The molecule has 19 heavy (non-hydrogen) atoms. The van der Waals surface area contributed by atoms with Gasteiger partial charge in [0.25, 0.3) is 0 Å². The predicted molar refractivity (Wildman–Crippen MR) is 53.6 cm³/mol. The molecular formula is C10HBrF7Zn. The molecule has 0 saturated heterocycles. The predicted octanol–water partition coefficient (Wildman–Crippen LogP) is 3.56. The summed E-state index contributed by atoms with van der Waals surface area (Å²) in [5.41, 5.74) is 0. The van der Waals surface area contributed by atoms with Gasteiger partial charge < -0.3 is 0 Å². The van der Waals surface area contributed by atoms with Crippen LogP contribution in [0.15, 0.2) is 0 Å². The second kappa shape index (κ2) is 5.36. The molecule has 9 heteroatoms. The topological polar surface area (TPSA) is 0 Å². The Labute approximate surface area is 122 Å². The Balaban J connectivity index is 0.00000180. The van der Waals surface area contributed by atoms with E-state index >= 15 is 0 Å². The van der Waals surface area contributed by atoms with E-state index < -0.39 is 55.7 Å². The molecule has 0 heterocycles. The van der Waals surface area contributed by atoms with Crippen molar-refractivity contribution in [2.75, 3.05) is 0 Å². The molecule has 2 aromatic carbocycles. The van der Waals surface area contributed by atoms with E-state index in [9.17, 15) is 30.7 Å². The van der Waals surface area contributed by atoms with Crippen molar-refractivity contribution in [3.8, 4) is 0 Å². The van der Waals surface area contributed by atoms with Gasteiger partial charge in [-0.05, 0) is 0 Å². The van der Waals surface area contributed by atoms with Gasteiger partial charge in [-0.3, -0.25) is 0 Å². The molecule has 0 aliphatic heterocycles. The Bertz CT molecular complexity index is 573. The van der Waals surface area contributed by atoms with Crippen LogP contribution in [0.4, 0.5) is 30.7 Å². The van der Waals surface area contributed by atoms with Gasteiger partial charge in [-0.15, -0.1) is 17.0 Å². The van der Waals surface area contributed by atoms with Gasteiger partial charge in [0.15, 0.2) is 0 Å². The summed E-state index contributed by atoms with van der Waals surface area (Å²) >= 11 is -0.245. The van der Waals surface area contributed by atoms with Crippen molar-refractivity contribution < 1.29 is 49.0 Å². The third-order valence-electron chi connectivity index (χ3n) is 2.43. The standard InChI is InChI=1S/C10F7.BrH.Zn/c11-2-1-3(12)6(13)5-4(2)7(14)9(16)10(17)8(5)15;;/h;1H;. The van der Waals surface area contributed by atoms with Crippen LogP contribution in [0.1, 0.15) is 0 Å². The summed E-state index contributed by atoms with van der Waals surface area (Å²) in [6.45, 7) is 0. The fourth-order valence-electron chi connectivity index (χ4n) is 1.53. The van der Waals surface area contributed by atoms with E-state index in [1.165, 1.54) is 0 Å². The molecule has 0 radical (unpaired) electrons. The Morgan fingerprint density at radius 1 is 0.474 bits per heavy atom. The number of benzene rings is 2. The van der Waals surface area contributed by atoms with Gasteiger partial charge in [-0.2, -0.15) is 0 Å². The summed E-state index contributed by atoms with van der Waals surface area (Å²) in [4.78, 5) is 0. The average molecular weight is 399 g/mol. The summed E-state index contributed by atoms with van der Waals surface area (Å²) in [6, 6.07) is 0. The molecule has 0 fully saturated rings. The van der Waals surface area contributed by atoms with Gasteiger partial charge in [-0.25, -0.2) is 0 Å². The van der Waals surface area contributed by atoms with E-state index in [2.05, 4.69) is 0 Å². The molecule has 99 valence electrons. The van der Waals surface area contributed by atoms with Gasteiger partial charge >= 0.3 is 105 Å². The molecule has 0 aliphatic rings. The van der Waals surface area contributed by atoms with Gasteiger partial charge in [0, 0.05) is 0 Å². The summed E-state index contributed by atoms with van der Waals surface area (Å²) in [7, 11) is 0. The first-order valence-electron chi connectivity index (χ1n) is 4.43. The van der Waals surface area contributed by atoms with E-state index in [1.807, 2.05) is 0 Å². The molecule has 0 N–H and O–H groups in total. The number of rotatable bonds is 0. The zero-order valence-electron chi connectivity index (χ0n) is 8.76. The van der Waals surface area contributed by atoms with Crippen LogP contribution in [0.3, 0.4) is 0 Å². The minimum absolute atomic E-state index is 0. The maximum absolute atomic E-state index is 13.5. The molecule has 0 bridgehead atoms. The molecule has 0 saturated carbocycles. The second-order valence-corrected chi connectivity index (χ2v) is 4.91. The Morgan fingerprint density at radius 2 is 0.789 bits per heavy atom. The number of hydrogen-bond donors (Lipinski definition) is 0. The third-order valence-corrected chi connectivity index (χ3v) is 3.73. The molecule has 2 rings (SSSR count). The Morgan fingerprint density at radius 3 is 1.21 bits per heavy atom. The van der Waals surface area contributed by atoms with Gasteiger partial charge in [-0.1, -0.05) is 0 Å². The number of halogens is 8. The van der Waals surface area contributed by atoms with Crippen molar-refractivity contribution in [2.24, 2.45) is 0 Å². The normalized spacial score (nSPS) is 10.8. The Hall–Kier alpha value is -0.687. The molecular weight excluding hydrogens is 398 g/mol. The van der Waals surface area contributed by atoms with Crippen molar-refractivity contribution >= 4 is 31.9 Å². The average Bonchev–Trinajstić information content (AvgIpc) is 2.35. The fourth-order valence-corrected chi connectivity index (χ4v) is 2.23. The van der Waals surface area contributed by atoms with Crippen molar-refractivity contribution in [3.63, 3.8) is 0 Å². The van der Waals surface area contributed by atoms with Crippen LogP contribution in [-0.2, 0) is 18.3 Å². The van der Waals surface area contributed by atoms with Crippen molar-refractivity contribution in [1.82, 2.24) is 0 Å². The molecule has 0 amide bonds. The molecule has 0 spiro atoms. The molecule has 0 atom stereocenters. The van der Waals surface area contributed by atoms with Gasteiger partial charge in [0.1, 0.15) is 0 Å². The summed E-state index contributed by atoms with van der Waals surface area (Å²) in [6.07, 6.45) is 0. The fraction of sp³-hybridized carbons (Fsp3) is 0. The SMILES string of the molecule is Br.Fc1c(F)c(F)c2c(F)[c]([Zn])c(F)c(F)c2c1F. The summed E-state index contributed by atoms with van der Waals surface area (Å²) in [5, 5.41) is -3.00. The molecule has 0 nitrogen and oxygen atoms in total. The van der Waals surface area contributed by atoms with Crippen LogP contribution in [0.5, 0.6) is 0 Å². The minimum atomic E-state index is -2.32. The molecule has 0 aliphatic carbocycles. The van der Waals surface area contributed by atoms with E-state index in [4.69, 9.17) is 0 Å². The molecule has 0 unspecified atom stereocenters. The first kappa shape index (κ1) is 16.4. The van der Waals surface area contributed by atoms with Crippen LogP contribution in [0.25, 0.3) is 10.8 Å². The third kappa shape index (κ3) is 2.16. The maximum atomic E-state index is 13.5. The quantitative estimate of drug-likeness (QED) is 0.275. The van der Waals surface area contributed by atoms with Crippen molar-refractivity contribution in [2.45, 2.75) is 0 Å². The van der Waals surface area contributed by atoms with E-state index in [0.717, 1.165) is 0 Å². The number of fused-ring (bicyclic) bond motifs is 1. The van der Waals surface area contributed by atoms with Crippen molar-refractivity contribution in [3.05, 3.63) is 40.7 Å². The van der Waals surface area contributed by atoms with E-state index in [-0.39, 0.29) is 35.3 Å². The van der Waals surface area contributed by atoms with Gasteiger partial charge in [0.2, 0.25) is 0 Å². The van der Waals surface area contributed by atoms with E-state index in [0.29, 0.717) is 0 Å². The molecule has 2 aromatic rings. The van der Waals surface area contributed by atoms with Crippen molar-refractivity contribution in [1.29, 1.82) is 0 Å². The first-order valence-corrected chi connectivity index (χ1v) is 5.91. The van der Waals surface area contributed by atoms with Crippen LogP contribution < -0.4 is 4.16 Å². The zero-order chi connectivity index (χ0) is 13.8. The van der Waals surface area contributed by atoms with E-state index in [1.54, 1.807) is 0 Å². The molecule has 0 aromatic heterocycles. The first-order chi connectivity index (χ1) is 8.29. The van der Waals surface area contributed by atoms with Crippen LogP contribution in [0.2, 0.25) is 0 Å². The zero-order valence-corrected chi connectivity index (χ0v) is 13.4. The van der Waals surface area contributed by atoms with Crippen LogP contribution >= 0.6 is 17.0 Å². The summed E-state index contributed by atoms with van der Waals surface area (Å²) in [5.74, 6) is -14.2. The van der Waals surface area contributed by atoms with Gasteiger partial charge in [0.05, 0.1) is 0 Å². The van der Waals surface area contributed by atoms with Crippen LogP contribution in [-0.4, -0.2) is 0 Å². The second-order valence-electron chi connectivity index (χ2n) is 3.43.